The normalized spacial score (nSPS) is 24.2. The zero-order valence-electron chi connectivity index (χ0n) is 29.3. The average Bonchev–Trinajstić information content (AvgIpc) is 3.65. The van der Waals surface area contributed by atoms with E-state index >= 15 is 0 Å². The fourth-order valence-corrected chi connectivity index (χ4v) is 7.87. The molecule has 3 aliphatic carbocycles. The maximum atomic E-state index is 14.6. The highest BCUT2D eigenvalue weighted by molar-refractivity contribution is 6.38. The number of amides is 5. The largest absolute Gasteiger partial charge is 0.347 e. The fourth-order valence-electron chi connectivity index (χ4n) is 7.87. The lowest BCUT2D eigenvalue weighted by Crippen LogP contribution is -2.62. The van der Waals surface area contributed by atoms with Crippen molar-refractivity contribution < 1.29 is 28.8 Å². The number of carbonyl (C=O) groups is 6. The van der Waals surface area contributed by atoms with E-state index in [1.807, 2.05) is 27.7 Å². The van der Waals surface area contributed by atoms with Crippen LogP contribution in [0, 0.1) is 23.2 Å². The highest BCUT2D eigenvalue weighted by atomic mass is 16.2. The molecule has 0 spiro atoms. The third-order valence-electron chi connectivity index (χ3n) is 10.7. The summed E-state index contributed by atoms with van der Waals surface area (Å²) in [6.07, 6.45) is 13.9. The smallest absolute Gasteiger partial charge is 0.289 e. The number of rotatable bonds is 13. The van der Waals surface area contributed by atoms with Crippen molar-refractivity contribution in [3.05, 3.63) is 24.3 Å². The van der Waals surface area contributed by atoms with Crippen molar-refractivity contribution in [1.82, 2.24) is 36.1 Å². The van der Waals surface area contributed by atoms with Crippen LogP contribution in [0.3, 0.4) is 0 Å². The van der Waals surface area contributed by atoms with Crippen molar-refractivity contribution >= 4 is 35.3 Å². The summed E-state index contributed by atoms with van der Waals surface area (Å²) in [4.78, 5) is 91.4. The van der Waals surface area contributed by atoms with Crippen molar-refractivity contribution in [3.63, 3.8) is 0 Å². The molecule has 268 valence electrons. The van der Waals surface area contributed by atoms with Gasteiger partial charge in [0.1, 0.15) is 23.8 Å². The number of hydrogen-bond donors (Lipinski definition) is 4. The summed E-state index contributed by atoms with van der Waals surface area (Å²) in [5, 5.41) is 11.5. The van der Waals surface area contributed by atoms with Gasteiger partial charge in [0, 0.05) is 25.0 Å². The number of nitrogens with one attached hydrogen (secondary N) is 4. The van der Waals surface area contributed by atoms with Crippen LogP contribution in [-0.4, -0.2) is 86.9 Å². The molecule has 4 N–H and O–H groups in total. The third kappa shape index (κ3) is 8.83. The first-order valence-electron chi connectivity index (χ1n) is 18.2. The first-order chi connectivity index (χ1) is 23.4. The number of Topliss-reactive ketones (excluding diaryl/α,β-unsaturated/α-hetero) is 1. The Morgan fingerprint density at radius 3 is 2.27 bits per heavy atom. The molecule has 1 aromatic heterocycles. The van der Waals surface area contributed by atoms with E-state index in [-0.39, 0.29) is 35.4 Å². The molecule has 13 heteroatoms. The van der Waals surface area contributed by atoms with Crippen LogP contribution in [0.2, 0.25) is 0 Å². The van der Waals surface area contributed by atoms with Gasteiger partial charge in [-0.15, -0.1) is 0 Å². The molecule has 1 saturated heterocycles. The van der Waals surface area contributed by atoms with E-state index in [9.17, 15) is 28.8 Å². The molecule has 13 nitrogen and oxygen atoms in total. The maximum absolute atomic E-state index is 14.6. The van der Waals surface area contributed by atoms with Crippen molar-refractivity contribution in [2.75, 3.05) is 6.54 Å². The molecule has 0 aromatic carbocycles. The molecular formula is C36H53N7O6. The van der Waals surface area contributed by atoms with Crippen molar-refractivity contribution in [3.8, 4) is 0 Å². The molecule has 3 saturated carbocycles. The summed E-state index contributed by atoms with van der Waals surface area (Å²) in [5.41, 5.74) is -0.638. The Labute approximate surface area is 288 Å². The van der Waals surface area contributed by atoms with Crippen LogP contribution in [0.25, 0.3) is 0 Å². The Kier molecular flexibility index (Phi) is 11.7. The first kappa shape index (κ1) is 36.4. The van der Waals surface area contributed by atoms with E-state index in [1.165, 1.54) is 18.6 Å². The molecule has 0 radical (unpaired) electrons. The molecule has 5 rings (SSSR count). The molecule has 0 bridgehead atoms. The van der Waals surface area contributed by atoms with Gasteiger partial charge in [0.2, 0.25) is 23.5 Å². The van der Waals surface area contributed by atoms with Crippen LogP contribution in [0.5, 0.6) is 0 Å². The first-order valence-corrected chi connectivity index (χ1v) is 18.2. The molecule has 2 heterocycles. The Balaban J connectivity index is 1.36. The standard InChI is InChI=1S/C36H53N7O6/c1-5-10-25(29(44)34(48)39-23-15-16-23)40-33(47)28-24-14-9-13-22(24)20-43(28)35(49)30(36(2,3)4)42-32(46)27(21-11-7-6-8-12-21)41-31(45)26-19-37-17-18-38-26/h17-19,21-25,27-28,30H,5-16,20H2,1-4H3,(H,39,48)(H,40,47)(H,41,45)(H,42,46)/t22-,24+,25-,27+,28+,30+/m1/s1. The van der Waals surface area contributed by atoms with Gasteiger partial charge in [0.05, 0.1) is 12.2 Å². The van der Waals surface area contributed by atoms with Crippen molar-refractivity contribution in [2.24, 2.45) is 23.2 Å². The molecule has 1 aliphatic heterocycles. The van der Waals surface area contributed by atoms with Crippen LogP contribution in [-0.2, 0) is 24.0 Å². The van der Waals surface area contributed by atoms with E-state index in [0.717, 1.165) is 64.2 Å². The molecule has 4 fully saturated rings. The van der Waals surface area contributed by atoms with Gasteiger partial charge in [-0.1, -0.05) is 59.8 Å². The number of carbonyl (C=O) groups excluding carboxylic acids is 6. The van der Waals surface area contributed by atoms with Crippen LogP contribution < -0.4 is 21.3 Å². The maximum Gasteiger partial charge on any atom is 0.289 e. The Morgan fingerprint density at radius 1 is 0.898 bits per heavy atom. The minimum atomic E-state index is -0.994. The topological polar surface area (TPSA) is 180 Å². The van der Waals surface area contributed by atoms with Gasteiger partial charge >= 0.3 is 0 Å². The Bertz CT molecular complexity index is 1390. The minimum absolute atomic E-state index is 0.0132. The van der Waals surface area contributed by atoms with Crippen LogP contribution in [0.4, 0.5) is 0 Å². The highest BCUT2D eigenvalue weighted by Gasteiger charge is 2.52. The van der Waals surface area contributed by atoms with Crippen molar-refractivity contribution in [2.45, 2.75) is 135 Å². The minimum Gasteiger partial charge on any atom is -0.347 e. The number of fused-ring (bicyclic) bond motifs is 1. The predicted molar refractivity (Wildman–Crippen MR) is 181 cm³/mol. The lowest BCUT2D eigenvalue weighted by molar-refractivity contribution is -0.146. The number of nitrogens with zero attached hydrogens (tertiary/aromatic N) is 3. The SMILES string of the molecule is CCC[C@@H](NC(=O)[C@@H]1[C@H]2CCC[C@@H]2CN1C(=O)[C@H](NC(=O)[C@@H](NC(=O)c1cnccn1)C1CCCCC1)C(C)(C)C)C(=O)C(=O)NC1CC1. The summed E-state index contributed by atoms with van der Waals surface area (Å²) in [6.45, 7) is 7.85. The second kappa shape index (κ2) is 15.8. The summed E-state index contributed by atoms with van der Waals surface area (Å²) in [6, 6.07) is -3.68. The third-order valence-corrected chi connectivity index (χ3v) is 10.7. The molecular weight excluding hydrogens is 626 g/mol. The van der Waals surface area contributed by atoms with E-state index in [2.05, 4.69) is 31.2 Å². The van der Waals surface area contributed by atoms with Gasteiger partial charge in [-0.2, -0.15) is 0 Å². The number of hydrogen-bond acceptors (Lipinski definition) is 8. The summed E-state index contributed by atoms with van der Waals surface area (Å²) < 4.78 is 0. The number of ketones is 1. The molecule has 0 unspecified atom stereocenters. The van der Waals surface area contributed by atoms with Crippen LogP contribution in [0.1, 0.15) is 115 Å². The summed E-state index contributed by atoms with van der Waals surface area (Å²) in [7, 11) is 0. The van der Waals surface area contributed by atoms with Crippen molar-refractivity contribution in [1.29, 1.82) is 0 Å². The lowest BCUT2D eigenvalue weighted by atomic mass is 9.82. The fraction of sp³-hybridized carbons (Fsp3) is 0.722. The molecule has 4 aliphatic rings. The monoisotopic (exact) mass is 679 g/mol. The second-order valence-corrected chi connectivity index (χ2v) is 15.5. The van der Waals surface area contributed by atoms with Gasteiger partial charge in [-0.3, -0.25) is 33.8 Å². The molecule has 6 atom stereocenters. The van der Waals surface area contributed by atoms with Crippen LogP contribution in [0.15, 0.2) is 18.6 Å². The predicted octanol–water partition coefficient (Wildman–Crippen LogP) is 2.45. The molecule has 49 heavy (non-hydrogen) atoms. The zero-order chi connectivity index (χ0) is 35.3. The Hall–Kier alpha value is -3.90. The molecule has 1 aromatic rings. The van der Waals surface area contributed by atoms with Gasteiger partial charge in [0.25, 0.3) is 11.8 Å². The highest BCUT2D eigenvalue weighted by Crippen LogP contribution is 2.43. The number of aromatic nitrogens is 2. The summed E-state index contributed by atoms with van der Waals surface area (Å²) in [5.74, 6) is -3.20. The van der Waals surface area contributed by atoms with Gasteiger partial charge < -0.3 is 26.2 Å². The van der Waals surface area contributed by atoms with Gasteiger partial charge in [-0.25, -0.2) is 4.98 Å². The van der Waals surface area contributed by atoms with E-state index in [0.29, 0.717) is 19.4 Å². The van der Waals surface area contributed by atoms with Gasteiger partial charge in [-0.05, 0) is 68.1 Å². The Morgan fingerprint density at radius 2 is 1.63 bits per heavy atom. The number of likely N-dealkylation sites (tertiary alicyclic amines) is 1. The zero-order valence-corrected chi connectivity index (χ0v) is 29.3. The average molecular weight is 680 g/mol. The quantitative estimate of drug-likeness (QED) is 0.230. The summed E-state index contributed by atoms with van der Waals surface area (Å²) >= 11 is 0. The lowest BCUT2D eigenvalue weighted by Gasteiger charge is -2.38. The van der Waals surface area contributed by atoms with E-state index in [1.54, 1.807) is 4.90 Å². The molecule has 5 amide bonds. The van der Waals surface area contributed by atoms with Crippen LogP contribution >= 0.6 is 0 Å². The van der Waals surface area contributed by atoms with E-state index in [4.69, 9.17) is 0 Å². The van der Waals surface area contributed by atoms with E-state index < -0.39 is 59.0 Å². The second-order valence-electron chi connectivity index (χ2n) is 15.5. The van der Waals surface area contributed by atoms with Gasteiger partial charge in [0.15, 0.2) is 0 Å².